The summed E-state index contributed by atoms with van der Waals surface area (Å²) in [5, 5.41) is 9.74. The molecule has 1 amide bonds. The van der Waals surface area contributed by atoms with Gasteiger partial charge >= 0.3 is 0 Å². The highest BCUT2D eigenvalue weighted by Gasteiger charge is 2.35. The van der Waals surface area contributed by atoms with E-state index in [9.17, 15) is 9.90 Å². The summed E-state index contributed by atoms with van der Waals surface area (Å²) in [6.07, 6.45) is 1.78. The molecule has 1 aliphatic heterocycles. The Bertz CT molecular complexity index is 429. The third kappa shape index (κ3) is 2.65. The molecule has 18 heavy (non-hydrogen) atoms. The topological polar surface area (TPSA) is 85.6 Å². The minimum absolute atomic E-state index is 0.0482. The van der Waals surface area contributed by atoms with E-state index in [1.165, 1.54) is 0 Å². The fraction of sp³-hybridized carbons (Fsp3) is 0.583. The number of anilines is 1. The summed E-state index contributed by atoms with van der Waals surface area (Å²) in [5.74, 6) is -0.102. The smallest absolute Gasteiger partial charge is 0.270 e. The van der Waals surface area contributed by atoms with Gasteiger partial charge in [-0.3, -0.25) is 4.79 Å². The third-order valence-electron chi connectivity index (χ3n) is 3.16. The average molecular weight is 252 g/mol. The fourth-order valence-electron chi connectivity index (χ4n) is 2.42. The lowest BCUT2D eigenvalue weighted by molar-refractivity contribution is 0.0694. The first-order valence-electron chi connectivity index (χ1n) is 6.05. The Morgan fingerprint density at radius 3 is 2.94 bits per heavy atom. The van der Waals surface area contributed by atoms with E-state index < -0.39 is 6.10 Å². The van der Waals surface area contributed by atoms with E-state index in [1.54, 1.807) is 17.2 Å². The van der Waals surface area contributed by atoms with E-state index >= 15 is 0 Å². The molecular weight excluding hydrogens is 232 g/mol. The minimum atomic E-state index is -0.439. The van der Waals surface area contributed by atoms with Crippen LogP contribution in [0.25, 0.3) is 0 Å². The number of nitrogens with zero attached hydrogens (tertiary/aromatic N) is 2. The van der Waals surface area contributed by atoms with Crippen molar-refractivity contribution >= 4 is 11.6 Å². The monoisotopic (exact) mass is 252 g/mol. The number of nitrogens with two attached hydrogens (primary N) is 1. The van der Waals surface area contributed by atoms with Gasteiger partial charge in [-0.2, -0.15) is 0 Å². The van der Waals surface area contributed by atoms with Crippen LogP contribution in [0.1, 0.15) is 16.9 Å². The van der Waals surface area contributed by atoms with Gasteiger partial charge in [0.15, 0.2) is 0 Å². The molecule has 1 aromatic heterocycles. The normalized spacial score (nSPS) is 23.9. The number of hydrogen-bond donors (Lipinski definition) is 3. The first-order valence-corrected chi connectivity index (χ1v) is 6.05. The highest BCUT2D eigenvalue weighted by atomic mass is 16.3. The molecule has 2 atom stereocenters. The summed E-state index contributed by atoms with van der Waals surface area (Å²) >= 11 is 0. The number of aliphatic hydroxyl groups is 1. The number of β-amino-alcohol motifs (C(OH)–C–C–N with tert-alkyl or cyclic N) is 1. The number of nitrogen functional groups attached to an aromatic ring is 1. The van der Waals surface area contributed by atoms with Crippen LogP contribution in [0.15, 0.2) is 12.3 Å². The third-order valence-corrected chi connectivity index (χ3v) is 3.16. The number of carbonyl (C=O) groups is 1. The summed E-state index contributed by atoms with van der Waals surface area (Å²) in [6, 6.07) is 1.67. The Kier molecular flexibility index (Phi) is 3.58. The zero-order valence-corrected chi connectivity index (χ0v) is 10.8. The van der Waals surface area contributed by atoms with E-state index in [2.05, 4.69) is 4.98 Å². The largest absolute Gasteiger partial charge is 0.397 e. The number of amides is 1. The predicted octanol–water partition coefficient (Wildman–Crippen LogP) is -0.266. The standard InChI is InChI=1S/C12H20N4O2/c1-15(2)6-9-4-10(17)7-16(9)12(18)11-3-8(13)5-14-11/h3,5,9-10,14,17H,4,6-7,13H2,1-2H3. The summed E-state index contributed by atoms with van der Waals surface area (Å²) < 4.78 is 0. The second-order valence-corrected chi connectivity index (χ2v) is 5.11. The molecule has 2 rings (SSSR count). The predicted molar refractivity (Wildman–Crippen MR) is 69.2 cm³/mol. The summed E-state index contributed by atoms with van der Waals surface area (Å²) in [7, 11) is 3.92. The molecule has 4 N–H and O–H groups in total. The van der Waals surface area contributed by atoms with Crippen molar-refractivity contribution in [2.45, 2.75) is 18.6 Å². The number of likely N-dealkylation sites (tertiary alicyclic amines) is 1. The van der Waals surface area contributed by atoms with Crippen molar-refractivity contribution in [3.05, 3.63) is 18.0 Å². The number of rotatable bonds is 3. The number of nitrogens with one attached hydrogen (secondary N) is 1. The Hall–Kier alpha value is -1.53. The van der Waals surface area contributed by atoms with Gasteiger partial charge in [0.1, 0.15) is 5.69 Å². The molecule has 100 valence electrons. The first kappa shape index (κ1) is 12.9. The van der Waals surface area contributed by atoms with Crippen LogP contribution in [0.2, 0.25) is 0 Å². The van der Waals surface area contributed by atoms with Gasteiger partial charge in [0, 0.05) is 31.0 Å². The molecule has 1 fully saturated rings. The average Bonchev–Trinajstić information content (AvgIpc) is 2.83. The molecule has 1 aromatic rings. The lowest BCUT2D eigenvalue weighted by Gasteiger charge is -2.26. The number of hydrogen-bond acceptors (Lipinski definition) is 4. The second-order valence-electron chi connectivity index (χ2n) is 5.11. The number of aromatic nitrogens is 1. The van der Waals surface area contributed by atoms with Crippen molar-refractivity contribution in [1.82, 2.24) is 14.8 Å². The van der Waals surface area contributed by atoms with Crippen molar-refractivity contribution in [2.75, 3.05) is 32.9 Å². The van der Waals surface area contributed by atoms with Crippen LogP contribution in [0, 0.1) is 0 Å². The van der Waals surface area contributed by atoms with Crippen molar-refractivity contribution in [3.63, 3.8) is 0 Å². The van der Waals surface area contributed by atoms with Crippen LogP contribution >= 0.6 is 0 Å². The van der Waals surface area contributed by atoms with Crippen LogP contribution in [-0.2, 0) is 0 Å². The van der Waals surface area contributed by atoms with Gasteiger partial charge in [-0.25, -0.2) is 0 Å². The molecule has 1 aliphatic rings. The van der Waals surface area contributed by atoms with Crippen LogP contribution in [0.5, 0.6) is 0 Å². The quantitative estimate of drug-likeness (QED) is 0.691. The van der Waals surface area contributed by atoms with Crippen molar-refractivity contribution in [2.24, 2.45) is 0 Å². The number of carbonyl (C=O) groups excluding carboxylic acids is 1. The van der Waals surface area contributed by atoms with Crippen molar-refractivity contribution in [3.8, 4) is 0 Å². The van der Waals surface area contributed by atoms with Gasteiger partial charge in [-0.15, -0.1) is 0 Å². The lowest BCUT2D eigenvalue weighted by Crippen LogP contribution is -2.41. The van der Waals surface area contributed by atoms with Gasteiger partial charge in [-0.05, 0) is 26.6 Å². The molecule has 0 bridgehead atoms. The molecule has 6 nitrogen and oxygen atoms in total. The molecule has 2 unspecified atom stereocenters. The summed E-state index contributed by atoms with van der Waals surface area (Å²) in [5.41, 5.74) is 6.62. The number of H-pyrrole nitrogens is 1. The highest BCUT2D eigenvalue weighted by Crippen LogP contribution is 2.21. The van der Waals surface area contributed by atoms with Gasteiger partial charge in [0.25, 0.3) is 5.91 Å². The van der Waals surface area contributed by atoms with Gasteiger partial charge in [-0.1, -0.05) is 0 Å². The number of likely N-dealkylation sites (N-methyl/N-ethyl adjacent to an activating group) is 1. The maximum absolute atomic E-state index is 12.3. The first-order chi connectivity index (χ1) is 8.47. The maximum Gasteiger partial charge on any atom is 0.270 e. The molecule has 0 saturated carbocycles. The van der Waals surface area contributed by atoms with Crippen LogP contribution < -0.4 is 5.73 Å². The minimum Gasteiger partial charge on any atom is -0.397 e. The van der Waals surface area contributed by atoms with Crippen molar-refractivity contribution < 1.29 is 9.90 Å². The lowest BCUT2D eigenvalue weighted by atomic mass is 10.2. The Labute approximate surface area is 106 Å². The number of aromatic amines is 1. The summed E-state index contributed by atoms with van der Waals surface area (Å²) in [4.78, 5) is 18.9. The molecule has 0 aromatic carbocycles. The highest BCUT2D eigenvalue weighted by molar-refractivity contribution is 5.93. The van der Waals surface area contributed by atoms with E-state index in [1.807, 2.05) is 19.0 Å². The SMILES string of the molecule is CN(C)CC1CC(O)CN1C(=O)c1cc(N)c[nH]1. The van der Waals surface area contributed by atoms with E-state index in [0.29, 0.717) is 24.3 Å². The molecular formula is C12H20N4O2. The molecule has 0 aliphatic carbocycles. The second kappa shape index (κ2) is 4.99. The van der Waals surface area contributed by atoms with E-state index in [4.69, 9.17) is 5.73 Å². The molecule has 1 saturated heterocycles. The molecule has 0 spiro atoms. The van der Waals surface area contributed by atoms with Crippen molar-refractivity contribution in [1.29, 1.82) is 0 Å². The Balaban J connectivity index is 2.12. The van der Waals surface area contributed by atoms with Gasteiger partial charge in [0.2, 0.25) is 0 Å². The molecule has 0 radical (unpaired) electrons. The molecule has 2 heterocycles. The maximum atomic E-state index is 12.3. The Morgan fingerprint density at radius 2 is 2.39 bits per heavy atom. The van der Waals surface area contributed by atoms with Gasteiger partial charge < -0.3 is 25.6 Å². The fourth-order valence-corrected chi connectivity index (χ4v) is 2.42. The van der Waals surface area contributed by atoms with E-state index in [-0.39, 0.29) is 11.9 Å². The van der Waals surface area contributed by atoms with Crippen LogP contribution in [-0.4, -0.2) is 65.1 Å². The zero-order chi connectivity index (χ0) is 13.3. The molecule has 6 heteroatoms. The van der Waals surface area contributed by atoms with Crippen LogP contribution in [0.4, 0.5) is 5.69 Å². The van der Waals surface area contributed by atoms with Crippen LogP contribution in [0.3, 0.4) is 0 Å². The van der Waals surface area contributed by atoms with E-state index in [0.717, 1.165) is 6.54 Å². The number of aliphatic hydroxyl groups excluding tert-OH is 1. The summed E-state index contributed by atoms with van der Waals surface area (Å²) in [6.45, 7) is 1.13. The zero-order valence-electron chi connectivity index (χ0n) is 10.8. The Morgan fingerprint density at radius 1 is 1.67 bits per heavy atom. The van der Waals surface area contributed by atoms with Gasteiger partial charge in [0.05, 0.1) is 6.10 Å².